The number of benzene rings is 2. The first kappa shape index (κ1) is 25.4. The molecule has 0 saturated carbocycles. The molecule has 0 heterocycles. The van der Waals surface area contributed by atoms with Crippen LogP contribution in [0.15, 0.2) is 34.1 Å². The van der Waals surface area contributed by atoms with E-state index in [2.05, 4.69) is 0 Å². The van der Waals surface area contributed by atoms with Gasteiger partial charge in [-0.2, -0.15) is 0 Å². The number of anilines is 1. The molecule has 8 nitrogen and oxygen atoms in total. The Hall–Kier alpha value is 0.120. The molecule has 0 spiro atoms. The van der Waals surface area contributed by atoms with Gasteiger partial charge in [0.1, 0.15) is 26.0 Å². The Morgan fingerprint density at radius 1 is 0.870 bits per heavy atom. The summed E-state index contributed by atoms with van der Waals surface area (Å²) in [7, 11) is -9.67. The van der Waals surface area contributed by atoms with Crippen molar-refractivity contribution in [2.24, 2.45) is 0 Å². The van der Waals surface area contributed by atoms with Crippen LogP contribution in [0.2, 0.25) is 0 Å². The van der Waals surface area contributed by atoms with Gasteiger partial charge in [-0.15, -0.1) is 0 Å². The average Bonchev–Trinajstić information content (AvgIpc) is 2.25. The van der Waals surface area contributed by atoms with Crippen LogP contribution in [0, 0.1) is 0 Å². The van der Waals surface area contributed by atoms with Gasteiger partial charge in [0.2, 0.25) is 0 Å². The molecule has 12 heteroatoms. The Kier molecular flexibility index (Phi) is 9.35. The average molecular weight is 379 g/mol. The fraction of sp³-hybridized carbons (Fsp3) is 0.0909. The second kappa shape index (κ2) is 8.48. The van der Waals surface area contributed by atoms with Gasteiger partial charge in [-0.05, 0) is 29.7 Å². The van der Waals surface area contributed by atoms with E-state index >= 15 is 0 Å². The largest absolute Gasteiger partial charge is 1.00 e. The Bertz CT molecular complexity index is 854. The van der Waals surface area contributed by atoms with Crippen molar-refractivity contribution in [1.82, 2.24) is 0 Å². The van der Waals surface area contributed by atoms with Crippen LogP contribution in [-0.4, -0.2) is 31.0 Å². The fourth-order valence-electron chi connectivity index (χ4n) is 1.76. The third-order valence-electron chi connectivity index (χ3n) is 2.58. The van der Waals surface area contributed by atoms with Crippen molar-refractivity contribution < 1.29 is 90.2 Å². The van der Waals surface area contributed by atoms with Crippen LogP contribution in [0.1, 0.15) is 7.43 Å². The minimum absolute atomic E-state index is 0. The van der Waals surface area contributed by atoms with Crippen LogP contribution in [0.4, 0.5) is 5.69 Å². The summed E-state index contributed by atoms with van der Waals surface area (Å²) in [5, 5.41) is 9.48. The Morgan fingerprint density at radius 2 is 1.26 bits per heavy atom. The van der Waals surface area contributed by atoms with Crippen LogP contribution < -0.4 is 64.8 Å². The Labute approximate surface area is 178 Å². The Morgan fingerprint density at radius 3 is 1.65 bits per heavy atom. The van der Waals surface area contributed by atoms with E-state index < -0.39 is 35.8 Å². The molecule has 116 valence electrons. The van der Waals surface area contributed by atoms with Crippen LogP contribution in [-0.2, 0) is 20.2 Å². The van der Waals surface area contributed by atoms with Crippen LogP contribution in [0.3, 0.4) is 0 Å². The second-order valence-electron chi connectivity index (χ2n) is 3.96. The van der Waals surface area contributed by atoms with Gasteiger partial charge < -0.3 is 19.9 Å². The molecule has 2 aromatic rings. The minimum Gasteiger partial charge on any atom is -0.744 e. The van der Waals surface area contributed by atoms with E-state index in [0.717, 1.165) is 18.2 Å². The smallest absolute Gasteiger partial charge is 0.744 e. The van der Waals surface area contributed by atoms with Gasteiger partial charge in [0.05, 0.1) is 9.79 Å². The van der Waals surface area contributed by atoms with Crippen molar-refractivity contribution in [2.45, 2.75) is 17.2 Å². The standard InChI is InChI=1S/C10H9NO7S2.CH4.2Na/c11-8-3-6(19(13,14)15)1-5-2-7(20(16,17)18)4-9(12)10(5)8;;;/h1-4,12H,11H2,(H,13,14,15)(H,16,17,18);1H4;;/q;;2*+1/p-2. The predicted molar refractivity (Wildman–Crippen MR) is 72.7 cm³/mol. The zero-order chi connectivity index (χ0) is 15.3. The van der Waals surface area contributed by atoms with E-state index in [1.165, 1.54) is 0 Å². The van der Waals surface area contributed by atoms with Crippen LogP contribution in [0.5, 0.6) is 5.75 Å². The predicted octanol–water partition coefficient (Wildman–Crippen LogP) is -5.42. The molecule has 3 N–H and O–H groups in total. The van der Waals surface area contributed by atoms with Gasteiger partial charge in [0.25, 0.3) is 0 Å². The molecule has 0 fully saturated rings. The monoisotopic (exact) mass is 379 g/mol. The summed E-state index contributed by atoms with van der Waals surface area (Å²) in [5.74, 6) is -0.607. The van der Waals surface area contributed by atoms with Gasteiger partial charge in [0.15, 0.2) is 0 Å². The maximum absolute atomic E-state index is 10.9. The molecule has 0 saturated heterocycles. The normalized spacial score (nSPS) is 11.0. The van der Waals surface area contributed by atoms with E-state index in [0.29, 0.717) is 6.07 Å². The summed E-state index contributed by atoms with van der Waals surface area (Å²) >= 11 is 0. The number of nitrogens with two attached hydrogens (primary N) is 1. The van der Waals surface area contributed by atoms with Crippen molar-refractivity contribution in [2.75, 3.05) is 5.73 Å². The molecule has 0 aliphatic carbocycles. The van der Waals surface area contributed by atoms with Crippen LogP contribution in [0.25, 0.3) is 10.8 Å². The third-order valence-corrected chi connectivity index (χ3v) is 4.21. The van der Waals surface area contributed by atoms with Gasteiger partial charge in [-0.25, -0.2) is 16.8 Å². The molecule has 0 amide bonds. The van der Waals surface area contributed by atoms with Crippen molar-refractivity contribution in [3.63, 3.8) is 0 Å². The molecule has 2 aromatic carbocycles. The number of phenols is 1. The molecule has 0 aliphatic rings. The molecule has 0 unspecified atom stereocenters. The summed E-state index contributed by atoms with van der Waals surface area (Å²) in [4.78, 5) is -1.45. The van der Waals surface area contributed by atoms with E-state index in [9.17, 15) is 31.0 Å². The number of hydrogen-bond acceptors (Lipinski definition) is 8. The number of rotatable bonds is 2. The Balaban J connectivity index is 0. The maximum atomic E-state index is 10.9. The van der Waals surface area contributed by atoms with Crippen molar-refractivity contribution in [3.05, 3.63) is 24.3 Å². The van der Waals surface area contributed by atoms with Gasteiger partial charge in [0, 0.05) is 11.1 Å². The zero-order valence-electron chi connectivity index (χ0n) is 11.6. The SMILES string of the molecule is C.Nc1cc(S(=O)(=O)[O-])cc2cc(S(=O)(=O)[O-])cc(O)c12.[Na+].[Na+]. The van der Waals surface area contributed by atoms with Crippen LogP contribution >= 0.6 is 0 Å². The van der Waals surface area contributed by atoms with E-state index in [1.807, 2.05) is 0 Å². The quantitative estimate of drug-likeness (QED) is 0.297. The van der Waals surface area contributed by atoms with Crippen molar-refractivity contribution in [3.8, 4) is 5.75 Å². The second-order valence-corrected chi connectivity index (χ2v) is 6.72. The molecular formula is C11H11NNa2O7S2. The molecule has 2 rings (SSSR count). The molecule has 0 aromatic heterocycles. The summed E-state index contributed by atoms with van der Waals surface area (Å²) in [6, 6.07) is 3.22. The zero-order valence-corrected chi connectivity index (χ0v) is 17.2. The first-order valence-electron chi connectivity index (χ1n) is 4.98. The topological polar surface area (TPSA) is 161 Å². The van der Waals surface area contributed by atoms with Gasteiger partial charge in [-0.1, -0.05) is 7.43 Å². The third kappa shape index (κ3) is 5.56. The molecular weight excluding hydrogens is 368 g/mol. The number of fused-ring (bicyclic) bond motifs is 1. The maximum Gasteiger partial charge on any atom is 1.00 e. The number of aromatic hydroxyl groups is 1. The fourth-order valence-corrected chi connectivity index (χ4v) is 2.83. The number of nitrogen functional groups attached to an aromatic ring is 1. The first-order chi connectivity index (χ1) is 9.00. The summed E-state index contributed by atoms with van der Waals surface area (Å²) in [6.45, 7) is 0. The van der Waals surface area contributed by atoms with E-state index in [4.69, 9.17) is 5.73 Å². The molecule has 0 aliphatic heterocycles. The van der Waals surface area contributed by atoms with Gasteiger partial charge >= 0.3 is 59.1 Å². The van der Waals surface area contributed by atoms with E-state index in [-0.39, 0.29) is 83.0 Å². The molecule has 0 atom stereocenters. The summed E-state index contributed by atoms with van der Waals surface area (Å²) in [5.41, 5.74) is 5.29. The molecule has 23 heavy (non-hydrogen) atoms. The summed E-state index contributed by atoms with van der Waals surface area (Å²) < 4.78 is 65.6. The number of phenolic OH excluding ortho intramolecular Hbond substituents is 1. The van der Waals surface area contributed by atoms with Crippen molar-refractivity contribution in [1.29, 1.82) is 0 Å². The van der Waals surface area contributed by atoms with Gasteiger partial charge in [-0.3, -0.25) is 0 Å². The van der Waals surface area contributed by atoms with E-state index in [1.54, 1.807) is 0 Å². The first-order valence-corrected chi connectivity index (χ1v) is 7.80. The molecule has 0 radical (unpaired) electrons. The van der Waals surface area contributed by atoms with Crippen molar-refractivity contribution >= 4 is 36.7 Å². The minimum atomic E-state index is -4.86. The molecule has 0 bridgehead atoms. The summed E-state index contributed by atoms with van der Waals surface area (Å²) in [6.07, 6.45) is 0. The number of hydrogen-bond donors (Lipinski definition) is 2.